The van der Waals surface area contributed by atoms with Gasteiger partial charge < -0.3 is 25.2 Å². The molecule has 0 aliphatic heterocycles. The Kier molecular flexibility index (Phi) is 36.0. The van der Waals surface area contributed by atoms with Crippen LogP contribution in [0.5, 0.6) is 0 Å². The average Bonchev–Trinajstić information content (AvgIpc) is 3.15. The molecule has 0 aromatic carbocycles. The van der Waals surface area contributed by atoms with Gasteiger partial charge in [0.25, 0.3) is 0 Å². The van der Waals surface area contributed by atoms with E-state index < -0.39 is 38.6 Å². The van der Waals surface area contributed by atoms with Crippen molar-refractivity contribution in [2.45, 2.75) is 135 Å². The van der Waals surface area contributed by atoms with Crippen LogP contribution in [0.15, 0.2) is 97.2 Å². The summed E-state index contributed by atoms with van der Waals surface area (Å²) in [6.45, 7) is 3.22. The molecule has 0 aromatic heterocycles. The minimum Gasteiger partial charge on any atom is -0.462 e. The molecule has 0 heterocycles. The highest BCUT2D eigenvalue weighted by Crippen LogP contribution is 2.43. The van der Waals surface area contributed by atoms with Crippen molar-refractivity contribution in [1.29, 1.82) is 0 Å². The van der Waals surface area contributed by atoms with Gasteiger partial charge in [-0.05, 0) is 77.0 Å². The monoisotopic (exact) mass is 775 g/mol. The van der Waals surface area contributed by atoms with Gasteiger partial charge in [-0.15, -0.1) is 0 Å². The molecule has 0 saturated heterocycles. The van der Waals surface area contributed by atoms with E-state index in [1.165, 1.54) is 0 Å². The summed E-state index contributed by atoms with van der Waals surface area (Å²) in [6, 6.07) is 0. The van der Waals surface area contributed by atoms with Crippen molar-refractivity contribution < 1.29 is 42.7 Å². The molecule has 0 fully saturated rings. The number of carbonyl (C=O) groups is 2. The van der Waals surface area contributed by atoms with Gasteiger partial charge in [0, 0.05) is 19.4 Å². The largest absolute Gasteiger partial charge is 0.472 e. The second-order valence-corrected chi connectivity index (χ2v) is 14.0. The molecule has 0 aromatic rings. The number of ether oxygens (including phenoxy) is 2. The summed E-state index contributed by atoms with van der Waals surface area (Å²) in [4.78, 5) is 34.8. The maximum atomic E-state index is 12.5. The highest BCUT2D eigenvalue weighted by molar-refractivity contribution is 7.47. The molecule has 0 bridgehead atoms. The summed E-state index contributed by atoms with van der Waals surface area (Å²) < 4.78 is 32.5. The van der Waals surface area contributed by atoms with Gasteiger partial charge in [-0.3, -0.25) is 18.6 Å². The summed E-state index contributed by atoms with van der Waals surface area (Å²) in [6.07, 6.45) is 44.7. The highest BCUT2D eigenvalue weighted by Gasteiger charge is 2.26. The second kappa shape index (κ2) is 38.2. The number of aliphatic hydroxyl groups excluding tert-OH is 1. The number of phosphoric ester groups is 1. The molecule has 0 radical (unpaired) electrons. The standard InChI is InChI=1S/C43H70NO9P/c1-3-5-7-9-11-13-15-17-18-20-22-24-26-28-30-34-43(47)53-41(39-52-54(48,49)51-37-36-44)38-50-42(46)35-31-33-40(45)32-29-27-25-23-21-19-16-14-12-10-8-6-4-2/h5-8,11-14,17-19,21,25,27,29,32,40-41,45H,3-4,9-10,15-16,20,22-24,26,28,30-31,33-39,44H2,1-2H3,(H,48,49)/b7-5-,8-6-,13-11-,14-12-,18-17-,21-19-,27-25-,32-29+/t40?,41-/m1/s1. The van der Waals surface area contributed by atoms with E-state index in [-0.39, 0.29) is 32.6 Å². The first-order valence-electron chi connectivity index (χ1n) is 19.8. The Morgan fingerprint density at radius 2 is 1.19 bits per heavy atom. The molecule has 2 unspecified atom stereocenters. The molecular weight excluding hydrogens is 705 g/mol. The van der Waals surface area contributed by atoms with Crippen molar-refractivity contribution in [3.8, 4) is 0 Å². The Bertz CT molecular complexity index is 1220. The molecule has 3 atom stereocenters. The Balaban J connectivity index is 4.46. The minimum atomic E-state index is -4.43. The SMILES string of the molecule is CC/C=C\C/C=C\C/C=C\C/C=C\C=C\C(O)CCCC(=O)OC[C@H](COP(=O)(O)OCCN)OC(=O)CCCCCCC/C=C\C/C=C\C/C=C\CC. The smallest absolute Gasteiger partial charge is 0.462 e. The number of hydrogen-bond acceptors (Lipinski definition) is 9. The maximum Gasteiger partial charge on any atom is 0.472 e. The lowest BCUT2D eigenvalue weighted by molar-refractivity contribution is -0.161. The maximum absolute atomic E-state index is 12.5. The molecule has 0 spiro atoms. The molecular formula is C43H70NO9P. The number of esters is 2. The molecule has 0 aliphatic rings. The van der Waals surface area contributed by atoms with E-state index in [4.69, 9.17) is 24.3 Å². The fraction of sp³-hybridized carbons (Fsp3) is 0.581. The van der Waals surface area contributed by atoms with Crippen LogP contribution in [0, 0.1) is 0 Å². The van der Waals surface area contributed by atoms with Gasteiger partial charge in [-0.2, -0.15) is 0 Å². The second-order valence-electron chi connectivity index (χ2n) is 12.6. The van der Waals surface area contributed by atoms with E-state index in [0.717, 1.165) is 77.0 Å². The molecule has 4 N–H and O–H groups in total. The van der Waals surface area contributed by atoms with E-state index in [2.05, 4.69) is 86.8 Å². The van der Waals surface area contributed by atoms with E-state index in [1.807, 2.05) is 12.2 Å². The third kappa shape index (κ3) is 37.2. The lowest BCUT2D eigenvalue weighted by atomic mass is 10.1. The number of carbonyl (C=O) groups excluding carboxylic acids is 2. The first kappa shape index (κ1) is 50.9. The van der Waals surface area contributed by atoms with Gasteiger partial charge in [0.05, 0.1) is 19.3 Å². The fourth-order valence-electron chi connectivity index (χ4n) is 4.67. The van der Waals surface area contributed by atoms with Crippen LogP contribution < -0.4 is 5.73 Å². The van der Waals surface area contributed by atoms with E-state index in [0.29, 0.717) is 19.3 Å². The molecule has 306 valence electrons. The zero-order valence-corrected chi connectivity index (χ0v) is 33.9. The van der Waals surface area contributed by atoms with Crippen molar-refractivity contribution in [2.75, 3.05) is 26.4 Å². The Morgan fingerprint density at radius 3 is 1.80 bits per heavy atom. The number of allylic oxidation sites excluding steroid dienone is 15. The number of phosphoric acid groups is 1. The topological polar surface area (TPSA) is 155 Å². The van der Waals surface area contributed by atoms with Gasteiger partial charge >= 0.3 is 19.8 Å². The van der Waals surface area contributed by atoms with Gasteiger partial charge in [-0.1, -0.05) is 130 Å². The number of hydrogen-bond donors (Lipinski definition) is 3. The Hall–Kier alpha value is -3.11. The predicted molar refractivity (Wildman–Crippen MR) is 221 cm³/mol. The summed E-state index contributed by atoms with van der Waals surface area (Å²) in [5.74, 6) is -1.07. The zero-order chi connectivity index (χ0) is 39.8. The minimum absolute atomic E-state index is 0.0184. The molecule has 0 rings (SSSR count). The van der Waals surface area contributed by atoms with Crippen LogP contribution in [0.1, 0.15) is 123 Å². The first-order valence-corrected chi connectivity index (χ1v) is 21.3. The van der Waals surface area contributed by atoms with E-state index in [1.54, 1.807) is 12.2 Å². The Labute approximate surface area is 326 Å². The first-order chi connectivity index (χ1) is 26.2. The van der Waals surface area contributed by atoms with Crippen LogP contribution in [0.2, 0.25) is 0 Å². The lowest BCUT2D eigenvalue weighted by Gasteiger charge is -2.20. The normalized spacial score (nSPS) is 15.0. The van der Waals surface area contributed by atoms with Gasteiger partial charge in [0.2, 0.25) is 0 Å². The summed E-state index contributed by atoms with van der Waals surface area (Å²) in [7, 11) is -4.43. The summed E-state index contributed by atoms with van der Waals surface area (Å²) in [5.41, 5.74) is 5.32. The number of rotatable bonds is 35. The van der Waals surface area contributed by atoms with Gasteiger partial charge in [-0.25, -0.2) is 4.57 Å². The zero-order valence-electron chi connectivity index (χ0n) is 33.0. The number of nitrogens with two attached hydrogens (primary N) is 1. The van der Waals surface area contributed by atoms with Crippen LogP contribution in [0.4, 0.5) is 0 Å². The predicted octanol–water partition coefficient (Wildman–Crippen LogP) is 10.0. The quantitative estimate of drug-likeness (QED) is 0.0186. The third-order valence-corrected chi connectivity index (χ3v) is 8.55. The van der Waals surface area contributed by atoms with Crippen LogP contribution in [0.25, 0.3) is 0 Å². The highest BCUT2D eigenvalue weighted by atomic mass is 31.2. The van der Waals surface area contributed by atoms with Gasteiger partial charge in [0.15, 0.2) is 6.10 Å². The van der Waals surface area contributed by atoms with Crippen molar-refractivity contribution in [1.82, 2.24) is 0 Å². The fourth-order valence-corrected chi connectivity index (χ4v) is 5.44. The number of unbranched alkanes of at least 4 members (excludes halogenated alkanes) is 5. The molecule has 11 heteroatoms. The van der Waals surface area contributed by atoms with Crippen molar-refractivity contribution >= 4 is 19.8 Å². The molecule has 10 nitrogen and oxygen atoms in total. The molecule has 0 amide bonds. The third-order valence-electron chi connectivity index (χ3n) is 7.57. The van der Waals surface area contributed by atoms with Crippen LogP contribution in [-0.2, 0) is 32.7 Å². The average molecular weight is 776 g/mol. The van der Waals surface area contributed by atoms with Crippen LogP contribution >= 0.6 is 7.82 Å². The summed E-state index contributed by atoms with van der Waals surface area (Å²) in [5, 5.41) is 10.2. The van der Waals surface area contributed by atoms with Crippen LogP contribution in [0.3, 0.4) is 0 Å². The van der Waals surface area contributed by atoms with Crippen molar-refractivity contribution in [3.63, 3.8) is 0 Å². The van der Waals surface area contributed by atoms with E-state index in [9.17, 15) is 24.2 Å². The van der Waals surface area contributed by atoms with E-state index >= 15 is 0 Å². The Morgan fingerprint density at radius 1 is 0.648 bits per heavy atom. The van der Waals surface area contributed by atoms with Crippen molar-refractivity contribution in [3.05, 3.63) is 97.2 Å². The van der Waals surface area contributed by atoms with Gasteiger partial charge in [0.1, 0.15) is 6.61 Å². The lowest BCUT2D eigenvalue weighted by Crippen LogP contribution is -2.29. The summed E-state index contributed by atoms with van der Waals surface area (Å²) >= 11 is 0. The number of aliphatic hydroxyl groups is 1. The molecule has 0 saturated carbocycles. The molecule has 54 heavy (non-hydrogen) atoms. The molecule has 0 aliphatic carbocycles. The van der Waals surface area contributed by atoms with Crippen LogP contribution in [-0.4, -0.2) is 60.5 Å². The van der Waals surface area contributed by atoms with Crippen molar-refractivity contribution in [2.24, 2.45) is 5.73 Å².